The van der Waals surface area contributed by atoms with Crippen molar-refractivity contribution in [2.45, 2.75) is 12.9 Å². The molecule has 2 N–H and O–H groups in total. The van der Waals surface area contributed by atoms with Crippen molar-refractivity contribution in [1.29, 1.82) is 0 Å². The van der Waals surface area contributed by atoms with Crippen molar-refractivity contribution in [2.24, 2.45) is 0 Å². The van der Waals surface area contributed by atoms with Crippen LogP contribution >= 0.6 is 0 Å². The van der Waals surface area contributed by atoms with E-state index in [4.69, 9.17) is 0 Å². The van der Waals surface area contributed by atoms with Gasteiger partial charge in [-0.05, 0) is 18.2 Å². The van der Waals surface area contributed by atoms with Gasteiger partial charge in [-0.3, -0.25) is 9.59 Å². The van der Waals surface area contributed by atoms with Gasteiger partial charge in [0.05, 0.1) is 12.1 Å². The largest absolute Gasteiger partial charge is 0.573 e. The van der Waals surface area contributed by atoms with Crippen molar-refractivity contribution in [3.05, 3.63) is 65.2 Å². The highest BCUT2D eigenvalue weighted by Crippen LogP contribution is 2.26. The molecule has 144 valence electrons. The number of amides is 2. The maximum Gasteiger partial charge on any atom is 0.573 e. The number of carbonyl (C=O) groups is 2. The Bertz CT molecular complexity index is 840. The molecule has 2 amide bonds. The third-order valence-corrected chi connectivity index (χ3v) is 3.26. The number of rotatable bonds is 6. The number of benzene rings is 2. The molecule has 0 fully saturated rings. The van der Waals surface area contributed by atoms with Gasteiger partial charge in [0.1, 0.15) is 17.4 Å². The van der Waals surface area contributed by atoms with E-state index in [1.165, 1.54) is 18.2 Å². The van der Waals surface area contributed by atoms with E-state index in [2.05, 4.69) is 15.4 Å². The fraction of sp³-hybridized carbons (Fsp3) is 0.176. The van der Waals surface area contributed by atoms with E-state index >= 15 is 0 Å². The highest BCUT2D eigenvalue weighted by atomic mass is 19.4. The van der Waals surface area contributed by atoms with Gasteiger partial charge in [0, 0.05) is 18.2 Å². The van der Waals surface area contributed by atoms with Gasteiger partial charge in [-0.15, -0.1) is 13.2 Å². The van der Waals surface area contributed by atoms with Crippen molar-refractivity contribution in [3.63, 3.8) is 0 Å². The summed E-state index contributed by atoms with van der Waals surface area (Å²) < 4.78 is 67.1. The third-order valence-electron chi connectivity index (χ3n) is 3.26. The molecule has 0 saturated carbocycles. The number of carbonyl (C=O) groups excluding carboxylic acids is 2. The predicted molar refractivity (Wildman–Crippen MR) is 83.7 cm³/mol. The average Bonchev–Trinajstić information content (AvgIpc) is 2.57. The van der Waals surface area contributed by atoms with Crippen molar-refractivity contribution in [1.82, 2.24) is 10.6 Å². The highest BCUT2D eigenvalue weighted by molar-refractivity contribution is 5.96. The van der Waals surface area contributed by atoms with Crippen LogP contribution in [0.3, 0.4) is 0 Å². The second-order valence-electron chi connectivity index (χ2n) is 5.24. The summed E-state index contributed by atoms with van der Waals surface area (Å²) in [6.07, 6.45) is -4.88. The Balaban J connectivity index is 1.89. The molecule has 0 radical (unpaired) electrons. The van der Waals surface area contributed by atoms with E-state index in [1.54, 1.807) is 0 Å². The van der Waals surface area contributed by atoms with Crippen LogP contribution in [0.2, 0.25) is 0 Å². The maximum atomic E-state index is 13.5. The smallest absolute Gasteiger partial charge is 0.405 e. The quantitative estimate of drug-likeness (QED) is 0.748. The Hall–Kier alpha value is -3.17. The average molecular weight is 388 g/mol. The molecule has 2 rings (SSSR count). The Kier molecular flexibility index (Phi) is 6.32. The van der Waals surface area contributed by atoms with Crippen LogP contribution in [0.5, 0.6) is 5.75 Å². The van der Waals surface area contributed by atoms with Crippen LogP contribution in [0.1, 0.15) is 15.9 Å². The Labute approximate surface area is 150 Å². The Morgan fingerprint density at radius 3 is 2.37 bits per heavy atom. The molecule has 27 heavy (non-hydrogen) atoms. The Morgan fingerprint density at radius 1 is 1.00 bits per heavy atom. The van der Waals surface area contributed by atoms with E-state index in [-0.39, 0.29) is 12.1 Å². The molecule has 2 aromatic rings. The summed E-state index contributed by atoms with van der Waals surface area (Å²) in [5.41, 5.74) is -0.382. The molecule has 0 atom stereocenters. The summed E-state index contributed by atoms with van der Waals surface area (Å²) >= 11 is 0. The summed E-state index contributed by atoms with van der Waals surface area (Å²) in [5, 5.41) is 4.42. The standard InChI is InChI=1S/C17H13F5N2O3/c18-11-5-6-12(13(19)7-11)16(26)24-9-15(25)23-8-10-3-1-2-4-14(10)27-17(20,21)22/h1-7H,8-9H2,(H,23,25)(H,24,26). The maximum absolute atomic E-state index is 13.5. The van der Waals surface area contributed by atoms with Gasteiger partial charge in [-0.25, -0.2) is 8.78 Å². The molecule has 5 nitrogen and oxygen atoms in total. The van der Waals surface area contributed by atoms with Gasteiger partial charge in [-0.2, -0.15) is 0 Å². The zero-order valence-electron chi connectivity index (χ0n) is 13.6. The first-order valence-corrected chi connectivity index (χ1v) is 7.49. The number of para-hydroxylation sites is 1. The first-order valence-electron chi connectivity index (χ1n) is 7.49. The van der Waals surface area contributed by atoms with Gasteiger partial charge in [0.15, 0.2) is 0 Å². The molecular formula is C17H13F5N2O3. The number of alkyl halides is 3. The van der Waals surface area contributed by atoms with Crippen molar-refractivity contribution < 1.29 is 36.3 Å². The molecule has 0 spiro atoms. The van der Waals surface area contributed by atoms with E-state index in [0.717, 1.165) is 18.2 Å². The van der Waals surface area contributed by atoms with Crippen LogP contribution in [0, 0.1) is 11.6 Å². The highest BCUT2D eigenvalue weighted by Gasteiger charge is 2.32. The lowest BCUT2D eigenvalue weighted by molar-refractivity contribution is -0.274. The van der Waals surface area contributed by atoms with E-state index in [1.807, 2.05) is 0 Å². The minimum Gasteiger partial charge on any atom is -0.405 e. The Morgan fingerprint density at radius 2 is 1.70 bits per heavy atom. The third kappa shape index (κ3) is 6.24. The minimum atomic E-state index is -4.88. The molecule has 0 aliphatic rings. The zero-order valence-corrected chi connectivity index (χ0v) is 13.6. The van der Waals surface area contributed by atoms with Crippen molar-refractivity contribution in [3.8, 4) is 5.75 Å². The number of ether oxygens (including phenoxy) is 1. The molecule has 0 aliphatic heterocycles. The fourth-order valence-corrected chi connectivity index (χ4v) is 2.06. The second-order valence-corrected chi connectivity index (χ2v) is 5.24. The second kappa shape index (κ2) is 8.47. The van der Waals surface area contributed by atoms with Crippen LogP contribution in [0.15, 0.2) is 42.5 Å². The molecule has 0 aliphatic carbocycles. The van der Waals surface area contributed by atoms with Gasteiger partial charge >= 0.3 is 6.36 Å². The van der Waals surface area contributed by atoms with Gasteiger partial charge in [-0.1, -0.05) is 18.2 Å². The van der Waals surface area contributed by atoms with Crippen LogP contribution in [-0.4, -0.2) is 24.7 Å². The van der Waals surface area contributed by atoms with Crippen molar-refractivity contribution in [2.75, 3.05) is 6.54 Å². The molecule has 0 unspecified atom stereocenters. The SMILES string of the molecule is O=C(CNC(=O)c1ccc(F)cc1F)NCc1ccccc1OC(F)(F)F. The topological polar surface area (TPSA) is 67.4 Å². The first kappa shape index (κ1) is 20.1. The molecule has 10 heteroatoms. The number of hydrogen-bond acceptors (Lipinski definition) is 3. The van der Waals surface area contributed by atoms with E-state index < -0.39 is 47.7 Å². The van der Waals surface area contributed by atoms with Gasteiger partial charge in [0.25, 0.3) is 5.91 Å². The number of nitrogens with one attached hydrogen (secondary N) is 2. The van der Waals surface area contributed by atoms with Crippen LogP contribution in [-0.2, 0) is 11.3 Å². The normalized spacial score (nSPS) is 11.0. The lowest BCUT2D eigenvalue weighted by Crippen LogP contribution is -2.37. The molecule has 0 saturated heterocycles. The van der Waals surface area contributed by atoms with Crippen LogP contribution in [0.25, 0.3) is 0 Å². The van der Waals surface area contributed by atoms with Gasteiger partial charge in [0.2, 0.25) is 5.91 Å². The summed E-state index contributed by atoms with van der Waals surface area (Å²) in [5.74, 6) is -4.09. The van der Waals surface area contributed by atoms with Gasteiger partial charge < -0.3 is 15.4 Å². The number of hydrogen-bond donors (Lipinski definition) is 2. The fourth-order valence-electron chi connectivity index (χ4n) is 2.06. The first-order chi connectivity index (χ1) is 12.7. The van der Waals surface area contributed by atoms with E-state index in [0.29, 0.717) is 6.07 Å². The van der Waals surface area contributed by atoms with Crippen molar-refractivity contribution >= 4 is 11.8 Å². The summed E-state index contributed by atoms with van der Waals surface area (Å²) in [7, 11) is 0. The number of halogens is 5. The lowest BCUT2D eigenvalue weighted by atomic mass is 10.2. The lowest BCUT2D eigenvalue weighted by Gasteiger charge is -2.13. The molecule has 0 bridgehead atoms. The summed E-state index contributed by atoms with van der Waals surface area (Å²) in [4.78, 5) is 23.5. The van der Waals surface area contributed by atoms with Crippen LogP contribution in [0.4, 0.5) is 22.0 Å². The minimum absolute atomic E-state index is 0.0686. The molecule has 2 aromatic carbocycles. The zero-order chi connectivity index (χ0) is 20.0. The molecule has 0 heterocycles. The van der Waals surface area contributed by atoms with E-state index in [9.17, 15) is 31.5 Å². The molecule has 0 aromatic heterocycles. The predicted octanol–water partition coefficient (Wildman–Crippen LogP) is 2.91. The summed E-state index contributed by atoms with van der Waals surface area (Å²) in [6.45, 7) is -0.843. The monoisotopic (exact) mass is 388 g/mol. The van der Waals surface area contributed by atoms with Crippen LogP contribution < -0.4 is 15.4 Å². The molecular weight excluding hydrogens is 375 g/mol. The summed E-state index contributed by atoms with van der Waals surface area (Å²) in [6, 6.07) is 7.54.